The molecular weight excluding hydrogens is 452 g/mol. The van der Waals surface area contributed by atoms with Gasteiger partial charge in [-0.3, -0.25) is 9.79 Å². The number of carbonyl (C=O) groups is 2. The molecule has 0 unspecified atom stereocenters. The quantitative estimate of drug-likeness (QED) is 0.240. The summed E-state index contributed by atoms with van der Waals surface area (Å²) in [6, 6.07) is 25.0. The molecule has 1 aromatic heterocycles. The third-order valence-electron chi connectivity index (χ3n) is 4.85. The number of nitrogens with one attached hydrogen (secondary N) is 1. The zero-order chi connectivity index (χ0) is 23.9. The van der Waals surface area contributed by atoms with E-state index >= 15 is 0 Å². The largest absolute Gasteiger partial charge is 0.457 e. The van der Waals surface area contributed by atoms with E-state index in [1.807, 2.05) is 30.3 Å². The second kappa shape index (κ2) is 10.6. The zero-order valence-electron chi connectivity index (χ0n) is 18.3. The lowest BCUT2D eigenvalue weighted by Gasteiger charge is -2.07. The van der Waals surface area contributed by atoms with Crippen LogP contribution in [0.5, 0.6) is 0 Å². The highest BCUT2D eigenvalue weighted by atomic mass is 35.5. The maximum Gasteiger partial charge on any atom is 0.338 e. The van der Waals surface area contributed by atoms with Gasteiger partial charge in [0.2, 0.25) is 5.91 Å². The maximum absolute atomic E-state index is 12.5. The van der Waals surface area contributed by atoms with Gasteiger partial charge in [-0.05, 0) is 54.6 Å². The molecule has 0 bridgehead atoms. The number of rotatable bonds is 7. The lowest BCUT2D eigenvalue weighted by Crippen LogP contribution is -2.05. The molecule has 0 saturated heterocycles. The number of benzene rings is 3. The molecule has 0 aliphatic rings. The summed E-state index contributed by atoms with van der Waals surface area (Å²) in [5.41, 5.74) is 3.32. The Balaban J connectivity index is 1.41. The van der Waals surface area contributed by atoms with Crippen molar-refractivity contribution in [1.29, 1.82) is 0 Å². The molecule has 34 heavy (non-hydrogen) atoms. The normalized spacial score (nSPS) is 10.9. The van der Waals surface area contributed by atoms with Crippen LogP contribution in [0.25, 0.3) is 11.3 Å². The van der Waals surface area contributed by atoms with Gasteiger partial charge in [0, 0.05) is 28.8 Å². The summed E-state index contributed by atoms with van der Waals surface area (Å²) in [4.78, 5) is 28.0. The SMILES string of the molecule is CC(=O)Nc1ccc(N=Cc2ccc(-c3cccc(C(=O)OCc4ccccc4Cl)c3)o2)cc1. The fourth-order valence-electron chi connectivity index (χ4n) is 3.19. The first-order valence-electron chi connectivity index (χ1n) is 10.5. The molecule has 3 aromatic carbocycles. The number of ether oxygens (including phenoxy) is 1. The van der Waals surface area contributed by atoms with Crippen molar-refractivity contribution in [2.24, 2.45) is 4.99 Å². The maximum atomic E-state index is 12.5. The Labute approximate surface area is 201 Å². The van der Waals surface area contributed by atoms with Gasteiger partial charge in [0.25, 0.3) is 0 Å². The molecule has 6 nitrogen and oxygen atoms in total. The van der Waals surface area contributed by atoms with E-state index in [9.17, 15) is 9.59 Å². The van der Waals surface area contributed by atoms with Crippen molar-refractivity contribution in [2.75, 3.05) is 5.32 Å². The lowest BCUT2D eigenvalue weighted by atomic mass is 10.1. The van der Waals surface area contributed by atoms with Gasteiger partial charge in [-0.25, -0.2) is 4.79 Å². The van der Waals surface area contributed by atoms with Crippen molar-refractivity contribution < 1.29 is 18.7 Å². The molecule has 7 heteroatoms. The van der Waals surface area contributed by atoms with Crippen molar-refractivity contribution in [3.63, 3.8) is 0 Å². The topological polar surface area (TPSA) is 80.9 Å². The van der Waals surface area contributed by atoms with E-state index in [-0.39, 0.29) is 12.5 Å². The highest BCUT2D eigenvalue weighted by Crippen LogP contribution is 2.24. The second-order valence-corrected chi connectivity index (χ2v) is 7.84. The number of halogens is 1. The van der Waals surface area contributed by atoms with Crippen LogP contribution in [0.15, 0.2) is 94.3 Å². The van der Waals surface area contributed by atoms with Crippen molar-refractivity contribution in [2.45, 2.75) is 13.5 Å². The minimum absolute atomic E-state index is 0.0931. The molecule has 0 atom stereocenters. The van der Waals surface area contributed by atoms with E-state index in [4.69, 9.17) is 20.8 Å². The number of furan rings is 1. The Bertz CT molecular complexity index is 1340. The molecule has 0 fully saturated rings. The number of nitrogens with zero attached hydrogens (tertiary/aromatic N) is 1. The van der Waals surface area contributed by atoms with Crippen LogP contribution in [-0.4, -0.2) is 18.1 Å². The van der Waals surface area contributed by atoms with E-state index < -0.39 is 5.97 Å². The molecule has 1 heterocycles. The molecule has 0 radical (unpaired) electrons. The first-order valence-corrected chi connectivity index (χ1v) is 10.9. The fourth-order valence-corrected chi connectivity index (χ4v) is 3.38. The van der Waals surface area contributed by atoms with Gasteiger partial charge in [0.05, 0.1) is 17.5 Å². The van der Waals surface area contributed by atoms with E-state index in [1.54, 1.807) is 60.8 Å². The van der Waals surface area contributed by atoms with Crippen LogP contribution < -0.4 is 5.32 Å². The van der Waals surface area contributed by atoms with Gasteiger partial charge in [-0.1, -0.05) is 41.9 Å². The van der Waals surface area contributed by atoms with Gasteiger partial charge >= 0.3 is 5.97 Å². The van der Waals surface area contributed by atoms with E-state index in [2.05, 4.69) is 10.3 Å². The Morgan fingerprint density at radius 2 is 1.79 bits per heavy atom. The van der Waals surface area contributed by atoms with Crippen LogP contribution in [0.2, 0.25) is 5.02 Å². The molecule has 4 rings (SSSR count). The van der Waals surface area contributed by atoms with Gasteiger partial charge in [-0.2, -0.15) is 0 Å². The van der Waals surface area contributed by atoms with Crippen molar-refractivity contribution in [3.8, 4) is 11.3 Å². The van der Waals surface area contributed by atoms with E-state index in [0.717, 1.165) is 16.8 Å². The number of hydrogen-bond donors (Lipinski definition) is 1. The minimum atomic E-state index is -0.446. The highest BCUT2D eigenvalue weighted by Gasteiger charge is 2.12. The number of amides is 1. The summed E-state index contributed by atoms with van der Waals surface area (Å²) in [5.74, 6) is 0.589. The average Bonchev–Trinajstić information content (AvgIpc) is 3.32. The standard InChI is InChI=1S/C27H21ClN2O4/c1-18(31)30-23-11-9-22(10-12-23)29-16-24-13-14-26(34-24)19-6-4-7-20(15-19)27(32)33-17-21-5-2-3-8-25(21)28/h2-16H,17H2,1H3,(H,30,31). The number of hydrogen-bond acceptors (Lipinski definition) is 5. The predicted octanol–water partition coefficient (Wildman–Crippen LogP) is 6.67. The molecule has 0 saturated carbocycles. The summed E-state index contributed by atoms with van der Waals surface area (Å²) in [6.07, 6.45) is 1.61. The number of anilines is 1. The second-order valence-electron chi connectivity index (χ2n) is 7.44. The first-order chi connectivity index (χ1) is 16.5. The van der Waals surface area contributed by atoms with Crippen LogP contribution >= 0.6 is 11.6 Å². The predicted molar refractivity (Wildman–Crippen MR) is 133 cm³/mol. The molecule has 0 spiro atoms. The van der Waals surface area contributed by atoms with E-state index in [1.165, 1.54) is 6.92 Å². The summed E-state index contributed by atoms with van der Waals surface area (Å²) < 4.78 is 11.3. The van der Waals surface area contributed by atoms with Crippen molar-refractivity contribution in [3.05, 3.63) is 107 Å². The minimum Gasteiger partial charge on any atom is -0.457 e. The van der Waals surface area contributed by atoms with Gasteiger partial charge in [-0.15, -0.1) is 0 Å². The third kappa shape index (κ3) is 5.99. The molecule has 4 aromatic rings. The molecule has 0 aliphatic heterocycles. The molecule has 0 aliphatic carbocycles. The third-order valence-corrected chi connectivity index (χ3v) is 5.22. The monoisotopic (exact) mass is 472 g/mol. The zero-order valence-corrected chi connectivity index (χ0v) is 19.1. The summed E-state index contributed by atoms with van der Waals surface area (Å²) in [6.45, 7) is 1.55. The fraction of sp³-hybridized carbons (Fsp3) is 0.0741. The number of carbonyl (C=O) groups excluding carboxylic acids is 2. The summed E-state index contributed by atoms with van der Waals surface area (Å²) in [7, 11) is 0. The summed E-state index contributed by atoms with van der Waals surface area (Å²) in [5, 5.41) is 3.26. The molecule has 1 N–H and O–H groups in total. The Morgan fingerprint density at radius 3 is 2.56 bits per heavy atom. The first kappa shape index (κ1) is 23.0. The Hall–Kier alpha value is -4.16. The number of esters is 1. The van der Waals surface area contributed by atoms with Crippen LogP contribution in [0, 0.1) is 0 Å². The highest BCUT2D eigenvalue weighted by molar-refractivity contribution is 6.31. The summed E-state index contributed by atoms with van der Waals surface area (Å²) >= 11 is 6.12. The average molecular weight is 473 g/mol. The molecule has 170 valence electrons. The number of aliphatic imine (C=N–C) groups is 1. The van der Waals surface area contributed by atoms with Crippen molar-refractivity contribution >= 4 is 41.1 Å². The van der Waals surface area contributed by atoms with Gasteiger partial charge in [0.15, 0.2) is 0 Å². The molecular formula is C27H21ClN2O4. The lowest BCUT2D eigenvalue weighted by molar-refractivity contribution is -0.114. The van der Waals surface area contributed by atoms with Gasteiger partial charge in [0.1, 0.15) is 18.1 Å². The Kier molecular flexibility index (Phi) is 7.20. The van der Waals surface area contributed by atoms with Gasteiger partial charge < -0.3 is 14.5 Å². The van der Waals surface area contributed by atoms with Crippen LogP contribution in [0.3, 0.4) is 0 Å². The Morgan fingerprint density at radius 1 is 1.00 bits per heavy atom. The van der Waals surface area contributed by atoms with E-state index in [0.29, 0.717) is 27.8 Å². The molecule has 1 amide bonds. The van der Waals surface area contributed by atoms with Crippen molar-refractivity contribution in [1.82, 2.24) is 0 Å². The van der Waals surface area contributed by atoms with Crippen LogP contribution in [0.4, 0.5) is 11.4 Å². The van der Waals surface area contributed by atoms with Crippen LogP contribution in [-0.2, 0) is 16.1 Å². The van der Waals surface area contributed by atoms with Crippen LogP contribution in [0.1, 0.15) is 28.6 Å². The smallest absolute Gasteiger partial charge is 0.338 e.